The Bertz CT molecular complexity index is 414. The Hall–Kier alpha value is -1.02. The van der Waals surface area contributed by atoms with Crippen LogP contribution in [0.4, 0.5) is 0 Å². The quantitative estimate of drug-likeness (QED) is 0.861. The molecule has 1 fully saturated rings. The first-order chi connectivity index (χ1) is 9.45. The molecule has 0 spiro atoms. The molecule has 0 unspecified atom stereocenters. The number of hydrogen-bond acceptors (Lipinski definition) is 2. The summed E-state index contributed by atoms with van der Waals surface area (Å²) in [7, 11) is 0. The van der Waals surface area contributed by atoms with Crippen molar-refractivity contribution in [2.24, 2.45) is 0 Å². The van der Waals surface area contributed by atoms with Crippen LogP contribution in [0.15, 0.2) is 24.3 Å². The standard InChI is InChI=1S/C18H28O2/c1-4-17(2,3)15-8-10-16(11-9-15)20-14-18(19)12-6-5-7-13-18/h8-11,19H,4-7,12-14H2,1-3H3. The van der Waals surface area contributed by atoms with Gasteiger partial charge < -0.3 is 9.84 Å². The summed E-state index contributed by atoms with van der Waals surface area (Å²) in [5, 5.41) is 10.4. The zero-order valence-electron chi connectivity index (χ0n) is 13.1. The minimum Gasteiger partial charge on any atom is -0.491 e. The van der Waals surface area contributed by atoms with E-state index in [1.54, 1.807) is 0 Å². The molecule has 1 aliphatic rings. The molecule has 2 rings (SSSR count). The Kier molecular flexibility index (Phi) is 4.74. The van der Waals surface area contributed by atoms with Crippen LogP contribution in [0, 0.1) is 0 Å². The molecular weight excluding hydrogens is 248 g/mol. The highest BCUT2D eigenvalue weighted by atomic mass is 16.5. The van der Waals surface area contributed by atoms with Gasteiger partial charge in [-0.1, -0.05) is 52.2 Å². The topological polar surface area (TPSA) is 29.5 Å². The van der Waals surface area contributed by atoms with Crippen LogP contribution in [0.25, 0.3) is 0 Å². The van der Waals surface area contributed by atoms with Gasteiger partial charge in [0, 0.05) is 0 Å². The first-order valence-electron chi connectivity index (χ1n) is 7.91. The van der Waals surface area contributed by atoms with Crippen molar-refractivity contribution in [3.8, 4) is 5.75 Å². The number of hydrogen-bond donors (Lipinski definition) is 1. The lowest BCUT2D eigenvalue weighted by atomic mass is 9.82. The molecule has 2 nitrogen and oxygen atoms in total. The average Bonchev–Trinajstić information content (AvgIpc) is 2.46. The number of benzene rings is 1. The van der Waals surface area contributed by atoms with Crippen molar-refractivity contribution in [1.82, 2.24) is 0 Å². The van der Waals surface area contributed by atoms with Gasteiger partial charge in [0.15, 0.2) is 0 Å². The molecule has 0 aliphatic heterocycles. The molecule has 0 saturated heterocycles. The van der Waals surface area contributed by atoms with Crippen LogP contribution in [0.2, 0.25) is 0 Å². The molecule has 1 N–H and O–H groups in total. The van der Waals surface area contributed by atoms with E-state index in [9.17, 15) is 5.11 Å². The molecule has 1 aromatic carbocycles. The van der Waals surface area contributed by atoms with Gasteiger partial charge >= 0.3 is 0 Å². The van der Waals surface area contributed by atoms with Crippen molar-refractivity contribution >= 4 is 0 Å². The second-order valence-corrected chi connectivity index (χ2v) is 6.84. The molecular formula is C18H28O2. The van der Waals surface area contributed by atoms with Gasteiger partial charge in [0.25, 0.3) is 0 Å². The lowest BCUT2D eigenvalue weighted by Gasteiger charge is -2.31. The highest BCUT2D eigenvalue weighted by molar-refractivity contribution is 5.31. The van der Waals surface area contributed by atoms with E-state index in [1.165, 1.54) is 12.0 Å². The predicted octanol–water partition coefficient (Wildman–Crippen LogP) is 4.45. The lowest BCUT2D eigenvalue weighted by molar-refractivity contribution is -0.0339. The van der Waals surface area contributed by atoms with Gasteiger partial charge in [0.1, 0.15) is 12.4 Å². The molecule has 0 bridgehead atoms. The van der Waals surface area contributed by atoms with Crippen LogP contribution in [-0.4, -0.2) is 17.3 Å². The summed E-state index contributed by atoms with van der Waals surface area (Å²) in [6.07, 6.45) is 6.32. The van der Waals surface area contributed by atoms with Crippen LogP contribution < -0.4 is 4.74 Å². The third kappa shape index (κ3) is 3.76. The van der Waals surface area contributed by atoms with Gasteiger partial charge in [0.05, 0.1) is 5.60 Å². The van der Waals surface area contributed by atoms with Crippen LogP contribution >= 0.6 is 0 Å². The minimum absolute atomic E-state index is 0.208. The second-order valence-electron chi connectivity index (χ2n) is 6.84. The fourth-order valence-corrected chi connectivity index (χ4v) is 2.78. The first kappa shape index (κ1) is 15.4. The zero-order chi connectivity index (χ0) is 14.6. The summed E-state index contributed by atoms with van der Waals surface area (Å²) in [5.41, 5.74) is 0.934. The summed E-state index contributed by atoms with van der Waals surface area (Å²) in [5.74, 6) is 0.861. The summed E-state index contributed by atoms with van der Waals surface area (Å²) in [6.45, 7) is 7.15. The molecule has 1 saturated carbocycles. The predicted molar refractivity (Wildman–Crippen MR) is 83.3 cm³/mol. The van der Waals surface area contributed by atoms with Gasteiger partial charge in [-0.25, -0.2) is 0 Å². The Morgan fingerprint density at radius 3 is 2.25 bits per heavy atom. The largest absolute Gasteiger partial charge is 0.491 e. The van der Waals surface area contributed by atoms with Gasteiger partial charge in [-0.15, -0.1) is 0 Å². The molecule has 0 radical (unpaired) electrons. The Morgan fingerprint density at radius 2 is 1.70 bits per heavy atom. The van der Waals surface area contributed by atoms with E-state index < -0.39 is 5.60 Å². The lowest BCUT2D eigenvalue weighted by Crippen LogP contribution is -2.37. The van der Waals surface area contributed by atoms with Crippen LogP contribution in [0.3, 0.4) is 0 Å². The Morgan fingerprint density at radius 1 is 1.10 bits per heavy atom. The second kappa shape index (κ2) is 6.17. The van der Waals surface area contributed by atoms with Crippen molar-refractivity contribution in [1.29, 1.82) is 0 Å². The Balaban J connectivity index is 1.94. The maximum atomic E-state index is 10.4. The fourth-order valence-electron chi connectivity index (χ4n) is 2.78. The highest BCUT2D eigenvalue weighted by Gasteiger charge is 2.30. The molecule has 0 atom stereocenters. The monoisotopic (exact) mass is 276 g/mol. The van der Waals surface area contributed by atoms with Gasteiger partial charge in [-0.05, 0) is 42.4 Å². The van der Waals surface area contributed by atoms with Crippen molar-refractivity contribution in [2.45, 2.75) is 70.3 Å². The van der Waals surface area contributed by atoms with Gasteiger partial charge in [-0.3, -0.25) is 0 Å². The van der Waals surface area contributed by atoms with Crippen molar-refractivity contribution in [2.75, 3.05) is 6.61 Å². The maximum absolute atomic E-state index is 10.4. The van der Waals surface area contributed by atoms with E-state index in [0.29, 0.717) is 6.61 Å². The summed E-state index contributed by atoms with van der Waals surface area (Å²) >= 11 is 0. The van der Waals surface area contributed by atoms with Crippen LogP contribution in [0.1, 0.15) is 64.9 Å². The van der Waals surface area contributed by atoms with Crippen molar-refractivity contribution in [3.05, 3.63) is 29.8 Å². The third-order valence-corrected chi connectivity index (χ3v) is 4.81. The molecule has 1 aromatic rings. The molecule has 1 aliphatic carbocycles. The van der Waals surface area contributed by atoms with Crippen LogP contribution in [-0.2, 0) is 5.41 Å². The smallest absolute Gasteiger partial charge is 0.119 e. The summed E-state index contributed by atoms with van der Waals surface area (Å²) in [4.78, 5) is 0. The number of ether oxygens (including phenoxy) is 1. The van der Waals surface area contributed by atoms with E-state index in [4.69, 9.17) is 4.74 Å². The van der Waals surface area contributed by atoms with E-state index in [1.807, 2.05) is 12.1 Å². The van der Waals surface area contributed by atoms with E-state index >= 15 is 0 Å². The van der Waals surface area contributed by atoms with Crippen molar-refractivity contribution in [3.63, 3.8) is 0 Å². The van der Waals surface area contributed by atoms with E-state index in [-0.39, 0.29) is 5.41 Å². The normalized spacial score (nSPS) is 18.8. The maximum Gasteiger partial charge on any atom is 0.119 e. The molecule has 112 valence electrons. The van der Waals surface area contributed by atoms with E-state index in [0.717, 1.165) is 37.9 Å². The molecule has 0 amide bonds. The summed E-state index contributed by atoms with van der Waals surface area (Å²) in [6, 6.07) is 8.34. The first-order valence-corrected chi connectivity index (χ1v) is 7.91. The average molecular weight is 276 g/mol. The van der Waals surface area contributed by atoms with E-state index in [2.05, 4.69) is 32.9 Å². The zero-order valence-corrected chi connectivity index (χ0v) is 13.1. The van der Waals surface area contributed by atoms with Gasteiger partial charge in [0.2, 0.25) is 0 Å². The molecule has 20 heavy (non-hydrogen) atoms. The molecule has 0 heterocycles. The van der Waals surface area contributed by atoms with Crippen molar-refractivity contribution < 1.29 is 9.84 Å². The summed E-state index contributed by atoms with van der Waals surface area (Å²) < 4.78 is 5.80. The van der Waals surface area contributed by atoms with Crippen LogP contribution in [0.5, 0.6) is 5.75 Å². The number of aliphatic hydroxyl groups is 1. The fraction of sp³-hybridized carbons (Fsp3) is 0.667. The molecule has 0 aromatic heterocycles. The highest BCUT2D eigenvalue weighted by Crippen LogP contribution is 2.30. The Labute approximate surface area is 123 Å². The number of rotatable bonds is 5. The minimum atomic E-state index is -0.611. The molecule has 2 heteroatoms. The SMILES string of the molecule is CCC(C)(C)c1ccc(OCC2(O)CCCCC2)cc1. The third-order valence-electron chi connectivity index (χ3n) is 4.81. The van der Waals surface area contributed by atoms with Gasteiger partial charge in [-0.2, -0.15) is 0 Å².